The van der Waals surface area contributed by atoms with Crippen LogP contribution in [0.5, 0.6) is 0 Å². The summed E-state index contributed by atoms with van der Waals surface area (Å²) in [5.74, 6) is 0.895. The Morgan fingerprint density at radius 1 is 1.33 bits per heavy atom. The predicted molar refractivity (Wildman–Crippen MR) is 41.1 cm³/mol. The van der Waals surface area contributed by atoms with Gasteiger partial charge in [-0.1, -0.05) is 25.0 Å². The van der Waals surface area contributed by atoms with Crippen LogP contribution in [0, 0.1) is 12.8 Å². The monoisotopic (exact) mass is 123 g/mol. The third kappa shape index (κ3) is 2.21. The van der Waals surface area contributed by atoms with Gasteiger partial charge in [-0.3, -0.25) is 0 Å². The minimum absolute atomic E-state index is 0.895. The molecule has 0 unspecified atom stereocenters. The van der Waals surface area contributed by atoms with Crippen molar-refractivity contribution in [1.29, 1.82) is 0 Å². The van der Waals surface area contributed by atoms with Gasteiger partial charge in [-0.15, -0.1) is 0 Å². The largest absolute Gasteiger partial charge is 0.0883 e. The Hall–Kier alpha value is -0.260. The van der Waals surface area contributed by atoms with Crippen LogP contribution in [0.1, 0.15) is 32.1 Å². The van der Waals surface area contributed by atoms with Gasteiger partial charge in [0.2, 0.25) is 0 Å². The molecule has 0 amide bonds. The highest BCUT2D eigenvalue weighted by Gasteiger charge is 2.10. The zero-order valence-corrected chi connectivity index (χ0v) is 5.97. The second kappa shape index (κ2) is 3.71. The van der Waals surface area contributed by atoms with Crippen molar-refractivity contribution < 1.29 is 0 Å². The molecule has 1 fully saturated rings. The van der Waals surface area contributed by atoms with Crippen LogP contribution in [0.4, 0.5) is 0 Å². The zero-order chi connectivity index (χ0) is 6.53. The lowest BCUT2D eigenvalue weighted by molar-refractivity contribution is 0.684. The minimum Gasteiger partial charge on any atom is -0.0883 e. The number of allylic oxidation sites excluding steroid dienone is 2. The number of hydrogen-bond donors (Lipinski definition) is 0. The second-order valence-corrected chi connectivity index (χ2v) is 2.76. The lowest BCUT2D eigenvalue weighted by atomic mass is 10.1. The molecule has 0 saturated heterocycles. The lowest BCUT2D eigenvalue weighted by Crippen LogP contribution is -1.84. The molecule has 1 rings (SSSR count). The van der Waals surface area contributed by atoms with Crippen LogP contribution in [0.3, 0.4) is 0 Å². The molecule has 0 N–H and O–H groups in total. The molecule has 0 aromatic rings. The molecule has 0 aromatic carbocycles. The highest BCUT2D eigenvalue weighted by molar-refractivity contribution is 4.90. The Bertz CT molecular complexity index is 86.2. The van der Waals surface area contributed by atoms with Crippen LogP contribution >= 0.6 is 0 Å². The van der Waals surface area contributed by atoms with E-state index >= 15 is 0 Å². The van der Waals surface area contributed by atoms with Gasteiger partial charge in [0.1, 0.15) is 0 Å². The SMILES string of the molecule is [CH2]C/C=C/C1CCCC1. The Balaban J connectivity index is 2.18. The minimum atomic E-state index is 0.895. The summed E-state index contributed by atoms with van der Waals surface area (Å²) in [6, 6.07) is 0. The molecule has 0 nitrogen and oxygen atoms in total. The van der Waals surface area contributed by atoms with Crippen LogP contribution in [0.2, 0.25) is 0 Å². The summed E-state index contributed by atoms with van der Waals surface area (Å²) in [6.45, 7) is 3.76. The van der Waals surface area contributed by atoms with E-state index in [2.05, 4.69) is 19.1 Å². The standard InChI is InChI=1S/C9H15/c1-2-3-6-9-7-4-5-8-9/h3,6,9H,1-2,4-5,7-8H2/b6-3+. The smallest absolute Gasteiger partial charge is 0.0234 e. The summed E-state index contributed by atoms with van der Waals surface area (Å²) in [4.78, 5) is 0. The first-order valence-corrected chi connectivity index (χ1v) is 3.89. The van der Waals surface area contributed by atoms with Gasteiger partial charge in [-0.05, 0) is 32.1 Å². The maximum atomic E-state index is 3.76. The van der Waals surface area contributed by atoms with Crippen LogP contribution in [-0.2, 0) is 0 Å². The zero-order valence-electron chi connectivity index (χ0n) is 5.97. The molecule has 51 valence electrons. The van der Waals surface area contributed by atoms with E-state index in [9.17, 15) is 0 Å². The van der Waals surface area contributed by atoms with Gasteiger partial charge in [0.05, 0.1) is 0 Å². The van der Waals surface area contributed by atoms with Crippen LogP contribution in [-0.4, -0.2) is 0 Å². The fourth-order valence-electron chi connectivity index (χ4n) is 1.44. The summed E-state index contributed by atoms with van der Waals surface area (Å²) in [5.41, 5.74) is 0. The van der Waals surface area contributed by atoms with Crippen LogP contribution in [0.15, 0.2) is 12.2 Å². The van der Waals surface area contributed by atoms with E-state index in [0.29, 0.717) is 0 Å². The maximum absolute atomic E-state index is 3.76. The van der Waals surface area contributed by atoms with Gasteiger partial charge in [0, 0.05) is 0 Å². The number of hydrogen-bond acceptors (Lipinski definition) is 0. The van der Waals surface area contributed by atoms with E-state index in [4.69, 9.17) is 0 Å². The van der Waals surface area contributed by atoms with Gasteiger partial charge >= 0.3 is 0 Å². The van der Waals surface area contributed by atoms with Crippen molar-refractivity contribution in [3.05, 3.63) is 19.1 Å². The Morgan fingerprint density at radius 2 is 2.00 bits per heavy atom. The van der Waals surface area contributed by atoms with Gasteiger partial charge in [-0.2, -0.15) is 0 Å². The summed E-state index contributed by atoms with van der Waals surface area (Å²) in [6.07, 6.45) is 11.2. The van der Waals surface area contributed by atoms with E-state index in [-0.39, 0.29) is 0 Å². The molecule has 1 saturated carbocycles. The molecule has 0 heterocycles. The summed E-state index contributed by atoms with van der Waals surface area (Å²) < 4.78 is 0. The molecule has 1 radical (unpaired) electrons. The Kier molecular flexibility index (Phi) is 2.82. The number of rotatable bonds is 2. The average Bonchev–Trinajstić information content (AvgIpc) is 2.34. The molecule has 0 aliphatic heterocycles. The Morgan fingerprint density at radius 3 is 2.56 bits per heavy atom. The molecule has 1 aliphatic carbocycles. The fourth-order valence-corrected chi connectivity index (χ4v) is 1.44. The van der Waals surface area contributed by atoms with Crippen molar-refractivity contribution >= 4 is 0 Å². The molecule has 0 spiro atoms. The molecule has 0 bridgehead atoms. The molecule has 1 aliphatic rings. The van der Waals surface area contributed by atoms with E-state index < -0.39 is 0 Å². The predicted octanol–water partition coefficient (Wildman–Crippen LogP) is 2.96. The quantitative estimate of drug-likeness (QED) is 0.495. The fraction of sp³-hybridized carbons (Fsp3) is 0.667. The van der Waals surface area contributed by atoms with Crippen LogP contribution in [0.25, 0.3) is 0 Å². The van der Waals surface area contributed by atoms with Crippen molar-refractivity contribution in [3.8, 4) is 0 Å². The molecule has 9 heavy (non-hydrogen) atoms. The second-order valence-electron chi connectivity index (χ2n) is 2.76. The van der Waals surface area contributed by atoms with Crippen LogP contribution < -0.4 is 0 Å². The molecule has 0 atom stereocenters. The van der Waals surface area contributed by atoms with Gasteiger partial charge < -0.3 is 0 Å². The highest BCUT2D eigenvalue weighted by Crippen LogP contribution is 2.25. The van der Waals surface area contributed by atoms with E-state index in [0.717, 1.165) is 12.3 Å². The van der Waals surface area contributed by atoms with Crippen molar-refractivity contribution in [2.45, 2.75) is 32.1 Å². The van der Waals surface area contributed by atoms with Gasteiger partial charge in [0.15, 0.2) is 0 Å². The molecular formula is C9H15. The first kappa shape index (κ1) is 6.85. The first-order valence-electron chi connectivity index (χ1n) is 3.89. The third-order valence-electron chi connectivity index (χ3n) is 1.97. The van der Waals surface area contributed by atoms with Crippen molar-refractivity contribution in [2.75, 3.05) is 0 Å². The van der Waals surface area contributed by atoms with Crippen molar-refractivity contribution in [1.82, 2.24) is 0 Å². The first-order chi connectivity index (χ1) is 4.43. The molecular weight excluding hydrogens is 108 g/mol. The molecule has 0 aromatic heterocycles. The van der Waals surface area contributed by atoms with Gasteiger partial charge in [0.25, 0.3) is 0 Å². The summed E-state index contributed by atoms with van der Waals surface area (Å²) in [5, 5.41) is 0. The maximum Gasteiger partial charge on any atom is -0.0234 e. The third-order valence-corrected chi connectivity index (χ3v) is 1.97. The van der Waals surface area contributed by atoms with E-state index in [1.807, 2.05) is 0 Å². The van der Waals surface area contributed by atoms with E-state index in [1.165, 1.54) is 25.7 Å². The average molecular weight is 123 g/mol. The topological polar surface area (TPSA) is 0 Å². The highest BCUT2D eigenvalue weighted by atomic mass is 14.2. The van der Waals surface area contributed by atoms with Gasteiger partial charge in [-0.25, -0.2) is 0 Å². The normalized spacial score (nSPS) is 21.9. The summed E-state index contributed by atoms with van der Waals surface area (Å²) in [7, 11) is 0. The molecule has 0 heteroatoms. The van der Waals surface area contributed by atoms with E-state index in [1.54, 1.807) is 0 Å². The lowest BCUT2D eigenvalue weighted by Gasteiger charge is -1.97. The summed E-state index contributed by atoms with van der Waals surface area (Å²) >= 11 is 0. The Labute approximate surface area is 58.0 Å². The van der Waals surface area contributed by atoms with Crippen molar-refractivity contribution in [2.24, 2.45) is 5.92 Å². The van der Waals surface area contributed by atoms with Crippen molar-refractivity contribution in [3.63, 3.8) is 0 Å².